The molecule has 21 heavy (non-hydrogen) atoms. The van der Waals surface area contributed by atoms with Gasteiger partial charge in [0.1, 0.15) is 5.75 Å². The highest BCUT2D eigenvalue weighted by atomic mass is 79.9. The van der Waals surface area contributed by atoms with Crippen LogP contribution < -0.4 is 10.1 Å². The minimum absolute atomic E-state index is 0.629. The molecule has 1 aliphatic rings. The molecule has 0 atom stereocenters. The van der Waals surface area contributed by atoms with Gasteiger partial charge >= 0.3 is 0 Å². The quantitative estimate of drug-likeness (QED) is 0.861. The van der Waals surface area contributed by atoms with Gasteiger partial charge in [-0.25, -0.2) is 0 Å². The van der Waals surface area contributed by atoms with Crippen molar-refractivity contribution in [2.75, 3.05) is 7.11 Å². The van der Waals surface area contributed by atoms with Crippen molar-refractivity contribution < 1.29 is 4.74 Å². The Morgan fingerprint density at radius 3 is 2.62 bits per heavy atom. The van der Waals surface area contributed by atoms with E-state index in [1.807, 2.05) is 12.1 Å². The lowest BCUT2D eigenvalue weighted by atomic mass is 9.76. The number of halogens is 1. The Kier molecular flexibility index (Phi) is 4.61. The molecule has 0 amide bonds. The van der Waals surface area contributed by atoms with Crippen molar-refractivity contribution >= 4 is 15.9 Å². The molecule has 0 aromatic heterocycles. The van der Waals surface area contributed by atoms with Crippen LogP contribution in [0.2, 0.25) is 0 Å². The van der Waals surface area contributed by atoms with Crippen molar-refractivity contribution in [1.82, 2.24) is 5.32 Å². The molecule has 0 heterocycles. The Hall–Kier alpha value is -1.32. The van der Waals surface area contributed by atoms with Gasteiger partial charge in [0.25, 0.3) is 0 Å². The van der Waals surface area contributed by atoms with Gasteiger partial charge in [-0.05, 0) is 54.2 Å². The minimum atomic E-state index is 0.629. The van der Waals surface area contributed by atoms with E-state index in [9.17, 15) is 0 Å². The highest BCUT2D eigenvalue weighted by Crippen LogP contribution is 2.37. The third-order valence-electron chi connectivity index (χ3n) is 4.21. The molecule has 0 bridgehead atoms. The van der Waals surface area contributed by atoms with E-state index in [1.165, 1.54) is 24.0 Å². The molecule has 2 nitrogen and oxygen atoms in total. The topological polar surface area (TPSA) is 21.3 Å². The van der Waals surface area contributed by atoms with Crippen molar-refractivity contribution in [3.8, 4) is 5.75 Å². The molecular weight excluding hydrogens is 326 g/mol. The third-order valence-corrected chi connectivity index (χ3v) is 4.74. The lowest BCUT2D eigenvalue weighted by Gasteiger charge is -2.36. The largest absolute Gasteiger partial charge is 0.497 e. The maximum Gasteiger partial charge on any atom is 0.119 e. The first-order valence-electron chi connectivity index (χ1n) is 7.36. The number of rotatable bonds is 5. The predicted octanol–water partition coefficient (Wildman–Crippen LogP) is 4.49. The summed E-state index contributed by atoms with van der Waals surface area (Å²) in [6.07, 6.45) is 2.46. The molecule has 3 rings (SSSR count). The Bertz CT molecular complexity index is 590. The number of methoxy groups -OCH3 is 1. The summed E-state index contributed by atoms with van der Waals surface area (Å²) in [5, 5.41) is 3.63. The first-order valence-corrected chi connectivity index (χ1v) is 8.15. The molecule has 1 N–H and O–H groups in total. The fraction of sp³-hybridized carbons (Fsp3) is 0.333. The number of benzene rings is 2. The molecule has 1 fully saturated rings. The average Bonchev–Trinajstić information content (AvgIpc) is 2.47. The number of hydrogen-bond acceptors (Lipinski definition) is 2. The number of hydrogen-bond donors (Lipinski definition) is 1. The standard InChI is InChI=1S/C18H20BrNO/c1-21-18-4-2-3-13(9-18)12-20-17-10-15(11-17)14-5-7-16(19)8-6-14/h2-9,15,17,20H,10-12H2,1H3. The Morgan fingerprint density at radius 2 is 1.90 bits per heavy atom. The van der Waals surface area contributed by atoms with Crippen LogP contribution in [0.3, 0.4) is 0 Å². The van der Waals surface area contributed by atoms with E-state index in [2.05, 4.69) is 57.6 Å². The van der Waals surface area contributed by atoms with E-state index in [0.29, 0.717) is 12.0 Å². The SMILES string of the molecule is COc1cccc(CNC2CC(c3ccc(Br)cc3)C2)c1. The number of ether oxygens (including phenoxy) is 1. The van der Waals surface area contributed by atoms with E-state index >= 15 is 0 Å². The van der Waals surface area contributed by atoms with Crippen molar-refractivity contribution in [3.63, 3.8) is 0 Å². The molecule has 0 saturated heterocycles. The molecule has 2 aromatic carbocycles. The molecule has 0 aliphatic heterocycles. The second-order valence-corrected chi connectivity index (χ2v) is 6.56. The first-order chi connectivity index (χ1) is 10.2. The van der Waals surface area contributed by atoms with E-state index in [1.54, 1.807) is 7.11 Å². The minimum Gasteiger partial charge on any atom is -0.497 e. The Morgan fingerprint density at radius 1 is 1.14 bits per heavy atom. The first kappa shape index (κ1) is 14.6. The summed E-state index contributed by atoms with van der Waals surface area (Å²) < 4.78 is 6.41. The van der Waals surface area contributed by atoms with Gasteiger partial charge in [0, 0.05) is 17.1 Å². The molecule has 0 unspecified atom stereocenters. The third kappa shape index (κ3) is 3.66. The van der Waals surface area contributed by atoms with Gasteiger partial charge in [-0.3, -0.25) is 0 Å². The van der Waals surface area contributed by atoms with Crippen LogP contribution in [0.1, 0.15) is 29.9 Å². The fourth-order valence-electron chi connectivity index (χ4n) is 2.84. The van der Waals surface area contributed by atoms with E-state index in [4.69, 9.17) is 4.74 Å². The lowest BCUT2D eigenvalue weighted by molar-refractivity contribution is 0.289. The molecular formula is C18H20BrNO. The molecule has 3 heteroatoms. The van der Waals surface area contributed by atoms with Crippen LogP contribution in [0.4, 0.5) is 0 Å². The zero-order valence-electron chi connectivity index (χ0n) is 12.2. The Labute approximate surface area is 134 Å². The smallest absolute Gasteiger partial charge is 0.119 e. The van der Waals surface area contributed by atoms with Crippen LogP contribution in [-0.2, 0) is 6.54 Å². The van der Waals surface area contributed by atoms with E-state index < -0.39 is 0 Å². The molecule has 0 spiro atoms. The molecule has 2 aromatic rings. The second kappa shape index (κ2) is 6.63. The van der Waals surface area contributed by atoms with Crippen LogP contribution >= 0.6 is 15.9 Å². The van der Waals surface area contributed by atoms with Crippen LogP contribution in [0, 0.1) is 0 Å². The number of nitrogens with one attached hydrogen (secondary N) is 1. The lowest BCUT2D eigenvalue weighted by Crippen LogP contribution is -2.39. The molecule has 1 aliphatic carbocycles. The second-order valence-electron chi connectivity index (χ2n) is 5.65. The van der Waals surface area contributed by atoms with Crippen LogP contribution in [-0.4, -0.2) is 13.2 Å². The van der Waals surface area contributed by atoms with Gasteiger partial charge < -0.3 is 10.1 Å². The predicted molar refractivity (Wildman–Crippen MR) is 89.7 cm³/mol. The van der Waals surface area contributed by atoms with E-state index in [-0.39, 0.29) is 0 Å². The Balaban J connectivity index is 1.47. The van der Waals surface area contributed by atoms with Crippen molar-refractivity contribution in [1.29, 1.82) is 0 Å². The summed E-state index contributed by atoms with van der Waals surface area (Å²) in [4.78, 5) is 0. The summed E-state index contributed by atoms with van der Waals surface area (Å²) in [6.45, 7) is 0.912. The average molecular weight is 346 g/mol. The summed E-state index contributed by atoms with van der Waals surface area (Å²) in [5.74, 6) is 1.64. The van der Waals surface area contributed by atoms with Gasteiger partial charge in [-0.2, -0.15) is 0 Å². The van der Waals surface area contributed by atoms with Crippen molar-refractivity contribution in [2.24, 2.45) is 0 Å². The summed E-state index contributed by atoms with van der Waals surface area (Å²) in [7, 11) is 1.71. The maximum absolute atomic E-state index is 5.25. The zero-order valence-corrected chi connectivity index (χ0v) is 13.8. The van der Waals surface area contributed by atoms with Gasteiger partial charge in [0.05, 0.1) is 7.11 Å². The molecule has 1 saturated carbocycles. The van der Waals surface area contributed by atoms with Crippen molar-refractivity contribution in [3.05, 3.63) is 64.1 Å². The van der Waals surface area contributed by atoms with Crippen LogP contribution in [0.5, 0.6) is 5.75 Å². The molecule has 110 valence electrons. The van der Waals surface area contributed by atoms with E-state index in [0.717, 1.165) is 16.8 Å². The van der Waals surface area contributed by atoms with Gasteiger partial charge in [0.2, 0.25) is 0 Å². The highest BCUT2D eigenvalue weighted by molar-refractivity contribution is 9.10. The van der Waals surface area contributed by atoms with Crippen LogP contribution in [0.15, 0.2) is 53.0 Å². The summed E-state index contributed by atoms with van der Waals surface area (Å²) >= 11 is 3.49. The monoisotopic (exact) mass is 345 g/mol. The highest BCUT2D eigenvalue weighted by Gasteiger charge is 2.29. The van der Waals surface area contributed by atoms with Crippen LogP contribution in [0.25, 0.3) is 0 Å². The normalized spacial score (nSPS) is 20.9. The fourth-order valence-corrected chi connectivity index (χ4v) is 3.10. The molecule has 0 radical (unpaired) electrons. The van der Waals surface area contributed by atoms with Crippen molar-refractivity contribution in [2.45, 2.75) is 31.3 Å². The van der Waals surface area contributed by atoms with Gasteiger partial charge in [-0.1, -0.05) is 40.2 Å². The van der Waals surface area contributed by atoms with Gasteiger partial charge in [-0.15, -0.1) is 0 Å². The summed E-state index contributed by atoms with van der Waals surface area (Å²) in [6, 6.07) is 17.6. The maximum atomic E-state index is 5.25. The van der Waals surface area contributed by atoms with Gasteiger partial charge in [0.15, 0.2) is 0 Å². The zero-order chi connectivity index (χ0) is 14.7. The summed E-state index contributed by atoms with van der Waals surface area (Å²) in [5.41, 5.74) is 2.74.